The highest BCUT2D eigenvalue weighted by Gasteiger charge is 2.27. The lowest BCUT2D eigenvalue weighted by atomic mass is 10.4. The molecule has 0 atom stereocenters. The Balaban J connectivity index is 1.74. The van der Waals surface area contributed by atoms with Crippen LogP contribution in [0.25, 0.3) is 0 Å². The minimum Gasteiger partial charge on any atom is -0.363 e. The summed E-state index contributed by atoms with van der Waals surface area (Å²) in [7, 11) is 0. The fourth-order valence-electron chi connectivity index (χ4n) is 1.80. The van der Waals surface area contributed by atoms with Gasteiger partial charge in [-0.25, -0.2) is 20.8 Å². The molecule has 1 aliphatic carbocycles. The van der Waals surface area contributed by atoms with Gasteiger partial charge in [0.1, 0.15) is 22.5 Å². The lowest BCUT2D eigenvalue weighted by molar-refractivity contribution is 0.919. The zero-order valence-corrected chi connectivity index (χ0v) is 11.5. The van der Waals surface area contributed by atoms with E-state index in [9.17, 15) is 0 Å². The first kappa shape index (κ1) is 12.3. The van der Waals surface area contributed by atoms with Crippen molar-refractivity contribution in [3.63, 3.8) is 0 Å². The number of nitrogens with zero attached hydrogens (tertiary/aromatic N) is 3. The van der Waals surface area contributed by atoms with E-state index in [4.69, 9.17) is 5.84 Å². The number of hydrogen-bond donors (Lipinski definition) is 3. The van der Waals surface area contributed by atoms with Gasteiger partial charge in [0.05, 0.1) is 6.54 Å². The highest BCUT2D eigenvalue weighted by atomic mass is 32.1. The second kappa shape index (κ2) is 5.10. The monoisotopic (exact) mass is 276 g/mol. The number of nitrogen functional groups attached to an aromatic ring is 1. The van der Waals surface area contributed by atoms with E-state index in [0.717, 1.165) is 16.6 Å². The summed E-state index contributed by atoms with van der Waals surface area (Å²) in [6.45, 7) is 2.72. The lowest BCUT2D eigenvalue weighted by Crippen LogP contribution is -2.12. The van der Waals surface area contributed by atoms with Crippen LogP contribution in [0.15, 0.2) is 12.3 Å². The molecule has 0 aromatic carbocycles. The van der Waals surface area contributed by atoms with Crippen LogP contribution in [-0.4, -0.2) is 15.0 Å². The van der Waals surface area contributed by atoms with Gasteiger partial charge in [-0.3, -0.25) is 0 Å². The van der Waals surface area contributed by atoms with Crippen LogP contribution in [0.1, 0.15) is 34.5 Å². The third kappa shape index (κ3) is 2.99. The molecule has 6 nitrogen and oxygen atoms in total. The Kier molecular flexibility index (Phi) is 3.31. The first-order chi connectivity index (χ1) is 9.24. The molecule has 1 fully saturated rings. The molecule has 2 aromatic heterocycles. The molecule has 1 aliphatic rings. The summed E-state index contributed by atoms with van der Waals surface area (Å²) >= 11 is 1.68. The van der Waals surface area contributed by atoms with Crippen LogP contribution in [0.3, 0.4) is 0 Å². The second-order valence-electron chi connectivity index (χ2n) is 4.63. The number of thiazole rings is 1. The summed E-state index contributed by atoms with van der Waals surface area (Å²) in [6.07, 6.45) is 4.21. The highest BCUT2D eigenvalue weighted by Crippen LogP contribution is 2.38. The van der Waals surface area contributed by atoms with Gasteiger partial charge in [-0.05, 0) is 19.8 Å². The third-order valence-corrected chi connectivity index (χ3v) is 3.84. The van der Waals surface area contributed by atoms with Crippen LogP contribution in [0.2, 0.25) is 0 Å². The van der Waals surface area contributed by atoms with Gasteiger partial charge in [0, 0.05) is 23.1 Å². The van der Waals surface area contributed by atoms with Crippen molar-refractivity contribution < 1.29 is 0 Å². The molecular formula is C12H16N6S. The molecule has 0 unspecified atom stereocenters. The van der Waals surface area contributed by atoms with Crippen molar-refractivity contribution in [1.29, 1.82) is 0 Å². The van der Waals surface area contributed by atoms with Gasteiger partial charge < -0.3 is 10.7 Å². The predicted molar refractivity (Wildman–Crippen MR) is 76.0 cm³/mol. The molecule has 0 saturated heterocycles. The molecule has 0 amide bonds. The summed E-state index contributed by atoms with van der Waals surface area (Å²) in [5, 5.41) is 4.32. The van der Waals surface area contributed by atoms with E-state index in [2.05, 4.69) is 25.7 Å². The van der Waals surface area contributed by atoms with Gasteiger partial charge >= 0.3 is 0 Å². The predicted octanol–water partition coefficient (Wildman–Crippen LogP) is 2.02. The van der Waals surface area contributed by atoms with Crippen molar-refractivity contribution in [1.82, 2.24) is 15.0 Å². The van der Waals surface area contributed by atoms with E-state index in [1.165, 1.54) is 17.7 Å². The van der Waals surface area contributed by atoms with Crippen molar-refractivity contribution in [3.8, 4) is 0 Å². The van der Waals surface area contributed by atoms with E-state index < -0.39 is 0 Å². The van der Waals surface area contributed by atoms with Crippen molar-refractivity contribution in [2.24, 2.45) is 5.84 Å². The number of anilines is 2. The number of aromatic nitrogens is 3. The van der Waals surface area contributed by atoms with Gasteiger partial charge in [0.25, 0.3) is 0 Å². The first-order valence-corrected chi connectivity index (χ1v) is 7.07. The molecule has 2 aromatic rings. The summed E-state index contributed by atoms with van der Waals surface area (Å²) in [4.78, 5) is 14.4. The zero-order valence-electron chi connectivity index (χ0n) is 10.7. The normalized spacial score (nSPS) is 14.4. The van der Waals surface area contributed by atoms with Crippen LogP contribution in [0, 0.1) is 6.92 Å². The van der Waals surface area contributed by atoms with Gasteiger partial charge in [-0.1, -0.05) is 0 Å². The SMILES string of the molecule is Cc1cnc(CNc2cc(NN)nc(C3CC3)n2)s1. The van der Waals surface area contributed by atoms with Crippen molar-refractivity contribution in [3.05, 3.63) is 28.0 Å². The van der Waals surface area contributed by atoms with Gasteiger partial charge in [0.15, 0.2) is 0 Å². The molecule has 3 rings (SSSR count). The summed E-state index contributed by atoms with van der Waals surface area (Å²) in [6, 6.07) is 1.81. The van der Waals surface area contributed by atoms with Crippen LogP contribution in [0.5, 0.6) is 0 Å². The maximum absolute atomic E-state index is 5.44. The molecule has 0 spiro atoms. The van der Waals surface area contributed by atoms with E-state index in [1.54, 1.807) is 11.3 Å². The van der Waals surface area contributed by atoms with Gasteiger partial charge in [0.2, 0.25) is 0 Å². The molecule has 0 aliphatic heterocycles. The van der Waals surface area contributed by atoms with Crippen molar-refractivity contribution in [2.45, 2.75) is 32.2 Å². The maximum atomic E-state index is 5.44. The maximum Gasteiger partial charge on any atom is 0.145 e. The highest BCUT2D eigenvalue weighted by molar-refractivity contribution is 7.11. The van der Waals surface area contributed by atoms with E-state index in [0.29, 0.717) is 18.3 Å². The minimum absolute atomic E-state index is 0.496. The molecule has 100 valence electrons. The average Bonchev–Trinajstić information content (AvgIpc) is 3.19. The Hall–Kier alpha value is -1.73. The first-order valence-electron chi connectivity index (χ1n) is 6.25. The zero-order chi connectivity index (χ0) is 13.2. The van der Waals surface area contributed by atoms with Gasteiger partial charge in [-0.2, -0.15) is 0 Å². The summed E-state index contributed by atoms with van der Waals surface area (Å²) in [5.74, 6) is 8.24. The van der Waals surface area contributed by atoms with E-state index in [-0.39, 0.29) is 0 Å². The molecule has 19 heavy (non-hydrogen) atoms. The van der Waals surface area contributed by atoms with Gasteiger partial charge in [-0.15, -0.1) is 11.3 Å². The Bertz CT molecular complexity index is 577. The van der Waals surface area contributed by atoms with Crippen LogP contribution in [-0.2, 0) is 6.54 Å². The molecule has 0 radical (unpaired) electrons. The Labute approximate surface area is 115 Å². The molecular weight excluding hydrogens is 260 g/mol. The summed E-state index contributed by atoms with van der Waals surface area (Å²) in [5.41, 5.74) is 2.59. The Morgan fingerprint density at radius 2 is 2.16 bits per heavy atom. The second-order valence-corrected chi connectivity index (χ2v) is 5.95. The Morgan fingerprint density at radius 3 is 2.79 bits per heavy atom. The van der Waals surface area contributed by atoms with Crippen LogP contribution in [0.4, 0.5) is 11.6 Å². The number of hydrazine groups is 1. The molecule has 2 heterocycles. The fourth-order valence-corrected chi connectivity index (χ4v) is 2.53. The van der Waals surface area contributed by atoms with E-state index >= 15 is 0 Å². The number of nitrogens with two attached hydrogens (primary N) is 1. The fraction of sp³-hybridized carbons (Fsp3) is 0.417. The molecule has 1 saturated carbocycles. The minimum atomic E-state index is 0.496. The largest absolute Gasteiger partial charge is 0.363 e. The lowest BCUT2D eigenvalue weighted by Gasteiger charge is -2.08. The number of rotatable bonds is 5. The van der Waals surface area contributed by atoms with E-state index in [1.807, 2.05) is 19.2 Å². The van der Waals surface area contributed by atoms with Crippen molar-refractivity contribution >= 4 is 23.0 Å². The molecule has 7 heteroatoms. The quantitative estimate of drug-likeness (QED) is 0.572. The Morgan fingerprint density at radius 1 is 1.37 bits per heavy atom. The topological polar surface area (TPSA) is 88.8 Å². The van der Waals surface area contributed by atoms with Crippen LogP contribution < -0.4 is 16.6 Å². The third-order valence-electron chi connectivity index (χ3n) is 2.92. The summed E-state index contributed by atoms with van der Waals surface area (Å²) < 4.78 is 0. The smallest absolute Gasteiger partial charge is 0.145 e. The standard InChI is InChI=1S/C12H16N6S/c1-7-5-15-11(19-7)6-14-9-4-10(18-13)17-12(16-9)8-2-3-8/h4-5,8H,2-3,6,13H2,1H3,(H2,14,16,17,18). The number of nitrogens with one attached hydrogen (secondary N) is 2. The van der Waals surface area contributed by atoms with Crippen LogP contribution >= 0.6 is 11.3 Å². The molecule has 4 N–H and O–H groups in total. The average molecular weight is 276 g/mol. The number of hydrogen-bond acceptors (Lipinski definition) is 7. The molecule has 0 bridgehead atoms. The number of aryl methyl sites for hydroxylation is 1. The van der Waals surface area contributed by atoms with Crippen molar-refractivity contribution in [2.75, 3.05) is 10.7 Å².